The number of urea groups is 1. The van der Waals surface area contributed by atoms with Crippen molar-refractivity contribution in [2.24, 2.45) is 11.8 Å². The minimum absolute atomic E-state index is 0.0503. The van der Waals surface area contributed by atoms with Gasteiger partial charge in [-0.15, -0.1) is 0 Å². The van der Waals surface area contributed by atoms with Crippen molar-refractivity contribution in [1.29, 1.82) is 0 Å². The van der Waals surface area contributed by atoms with Gasteiger partial charge in [-0.3, -0.25) is 0 Å². The highest BCUT2D eigenvalue weighted by Crippen LogP contribution is 2.40. The van der Waals surface area contributed by atoms with Crippen LogP contribution in [0.5, 0.6) is 5.88 Å². The van der Waals surface area contributed by atoms with Gasteiger partial charge < -0.3 is 15.4 Å². The van der Waals surface area contributed by atoms with E-state index in [0.29, 0.717) is 18.4 Å². The third kappa shape index (κ3) is 4.99. The van der Waals surface area contributed by atoms with Crippen LogP contribution in [0.15, 0.2) is 18.3 Å². The second kappa shape index (κ2) is 7.49. The van der Waals surface area contributed by atoms with Crippen LogP contribution >= 0.6 is 0 Å². The average molecular weight is 357 g/mol. The fourth-order valence-corrected chi connectivity index (χ4v) is 2.92. The fourth-order valence-electron chi connectivity index (χ4n) is 2.92. The van der Waals surface area contributed by atoms with Crippen molar-refractivity contribution < 1.29 is 22.7 Å². The molecule has 0 aliphatic heterocycles. The van der Waals surface area contributed by atoms with E-state index in [1.807, 2.05) is 0 Å². The number of pyridine rings is 1. The minimum Gasteiger partial charge on any atom is -0.477 e. The maximum absolute atomic E-state index is 12.4. The lowest BCUT2D eigenvalue weighted by molar-refractivity contribution is -0.198. The molecule has 2 aliphatic carbocycles. The molecule has 0 atom stereocenters. The summed E-state index contributed by atoms with van der Waals surface area (Å²) < 4.78 is 42.9. The van der Waals surface area contributed by atoms with Gasteiger partial charge in [-0.25, -0.2) is 9.78 Å². The predicted molar refractivity (Wildman–Crippen MR) is 85.0 cm³/mol. The Bertz CT molecular complexity index is 599. The Morgan fingerprint density at radius 2 is 2.08 bits per heavy atom. The van der Waals surface area contributed by atoms with Crippen molar-refractivity contribution in [3.63, 3.8) is 0 Å². The van der Waals surface area contributed by atoms with E-state index in [1.54, 1.807) is 18.3 Å². The summed E-state index contributed by atoms with van der Waals surface area (Å²) in [6, 6.07) is 2.66. The van der Waals surface area contributed by atoms with Crippen molar-refractivity contribution in [3.8, 4) is 5.88 Å². The molecule has 0 spiro atoms. The molecule has 3 rings (SSSR count). The highest BCUT2D eigenvalue weighted by atomic mass is 19.4. The number of carbonyl (C=O) groups excluding carboxylic acids is 1. The van der Waals surface area contributed by atoms with Gasteiger partial charge in [-0.05, 0) is 43.2 Å². The van der Waals surface area contributed by atoms with Gasteiger partial charge in [-0.2, -0.15) is 13.2 Å². The molecular formula is C17H22F3N3O2. The first-order chi connectivity index (χ1) is 11.9. The second-order valence-electron chi connectivity index (χ2n) is 6.84. The number of nitrogens with zero attached hydrogens (tertiary/aromatic N) is 1. The van der Waals surface area contributed by atoms with Crippen molar-refractivity contribution in [2.45, 2.75) is 50.9 Å². The molecule has 138 valence electrons. The zero-order valence-electron chi connectivity index (χ0n) is 13.8. The maximum Gasteiger partial charge on any atom is 0.391 e. The van der Waals surface area contributed by atoms with Crippen LogP contribution in [0, 0.1) is 11.8 Å². The van der Waals surface area contributed by atoms with Crippen LogP contribution in [-0.4, -0.2) is 29.8 Å². The normalized spacial score (nSPS) is 23.3. The number of rotatable bonds is 6. The maximum atomic E-state index is 12.4. The smallest absolute Gasteiger partial charge is 0.391 e. The Balaban J connectivity index is 1.37. The number of alkyl halides is 3. The Hall–Kier alpha value is -1.99. The number of hydrogen-bond donors (Lipinski definition) is 2. The minimum atomic E-state index is -4.17. The second-order valence-corrected chi connectivity index (χ2v) is 6.84. The van der Waals surface area contributed by atoms with E-state index < -0.39 is 24.2 Å². The molecule has 2 aliphatic rings. The lowest BCUT2D eigenvalue weighted by atomic mass is 9.80. The van der Waals surface area contributed by atoms with E-state index in [2.05, 4.69) is 15.6 Å². The van der Waals surface area contributed by atoms with Gasteiger partial charge >= 0.3 is 12.2 Å². The number of amides is 2. The molecule has 1 aromatic rings. The largest absolute Gasteiger partial charge is 0.477 e. The highest BCUT2D eigenvalue weighted by Gasteiger charge is 2.48. The standard InChI is InChI=1S/C17H22F3N3O2/c18-17(19,20)13-7-14(8-13)23-16(24)22-9-12-4-5-21-15(6-12)25-10-11-2-1-3-11/h4-6,11,13-14H,1-3,7-10H2,(H2,22,23,24). The van der Waals surface area contributed by atoms with Crippen molar-refractivity contribution in [1.82, 2.24) is 15.6 Å². The Kier molecular flexibility index (Phi) is 5.34. The van der Waals surface area contributed by atoms with Crippen LogP contribution in [0.1, 0.15) is 37.7 Å². The fraction of sp³-hybridized carbons (Fsp3) is 0.647. The number of aromatic nitrogens is 1. The van der Waals surface area contributed by atoms with Gasteiger partial charge in [0, 0.05) is 24.8 Å². The molecule has 5 nitrogen and oxygen atoms in total. The molecule has 1 heterocycles. The summed E-state index contributed by atoms with van der Waals surface area (Å²) in [5.74, 6) is -0.163. The number of ether oxygens (including phenoxy) is 1. The monoisotopic (exact) mass is 357 g/mol. The number of halogens is 3. The number of carbonyl (C=O) groups is 1. The van der Waals surface area contributed by atoms with Gasteiger partial charge in [0.2, 0.25) is 5.88 Å². The molecule has 2 fully saturated rings. The van der Waals surface area contributed by atoms with Gasteiger partial charge in [0.05, 0.1) is 12.5 Å². The average Bonchev–Trinajstić information content (AvgIpc) is 2.46. The molecule has 0 saturated heterocycles. The summed E-state index contributed by atoms with van der Waals surface area (Å²) in [4.78, 5) is 15.9. The van der Waals surface area contributed by atoms with E-state index in [0.717, 1.165) is 5.56 Å². The first-order valence-corrected chi connectivity index (χ1v) is 8.59. The Labute approximate surface area is 144 Å². The van der Waals surface area contributed by atoms with Gasteiger partial charge in [0.15, 0.2) is 0 Å². The molecular weight excluding hydrogens is 335 g/mol. The summed E-state index contributed by atoms with van der Waals surface area (Å²) in [7, 11) is 0. The summed E-state index contributed by atoms with van der Waals surface area (Å²) >= 11 is 0. The summed E-state index contributed by atoms with van der Waals surface area (Å²) in [6.45, 7) is 0.927. The number of hydrogen-bond acceptors (Lipinski definition) is 3. The van der Waals surface area contributed by atoms with E-state index in [9.17, 15) is 18.0 Å². The number of nitrogens with one attached hydrogen (secondary N) is 2. The lowest BCUT2D eigenvalue weighted by Crippen LogP contribution is -2.51. The first-order valence-electron chi connectivity index (χ1n) is 8.59. The molecule has 0 aromatic carbocycles. The zero-order chi connectivity index (χ0) is 17.9. The Morgan fingerprint density at radius 3 is 2.72 bits per heavy atom. The van der Waals surface area contributed by atoms with Crippen molar-refractivity contribution >= 4 is 6.03 Å². The molecule has 2 N–H and O–H groups in total. The molecule has 8 heteroatoms. The molecule has 0 unspecified atom stereocenters. The van der Waals surface area contributed by atoms with Crippen LogP contribution in [-0.2, 0) is 6.54 Å². The lowest BCUT2D eigenvalue weighted by Gasteiger charge is -2.36. The van der Waals surface area contributed by atoms with E-state index in [-0.39, 0.29) is 19.4 Å². The summed E-state index contributed by atoms with van der Waals surface area (Å²) in [5, 5.41) is 5.21. The third-order valence-corrected chi connectivity index (χ3v) is 4.88. The van der Waals surface area contributed by atoms with E-state index in [1.165, 1.54) is 19.3 Å². The summed E-state index contributed by atoms with van der Waals surface area (Å²) in [6.07, 6.45) is 0.990. The van der Waals surface area contributed by atoms with Crippen LogP contribution < -0.4 is 15.4 Å². The van der Waals surface area contributed by atoms with Crippen molar-refractivity contribution in [2.75, 3.05) is 6.61 Å². The zero-order valence-corrected chi connectivity index (χ0v) is 13.8. The van der Waals surface area contributed by atoms with Crippen molar-refractivity contribution in [3.05, 3.63) is 23.9 Å². The predicted octanol–water partition coefficient (Wildman–Crippen LogP) is 3.40. The third-order valence-electron chi connectivity index (χ3n) is 4.88. The van der Waals surface area contributed by atoms with Crippen LogP contribution in [0.25, 0.3) is 0 Å². The van der Waals surface area contributed by atoms with Crippen LogP contribution in [0.2, 0.25) is 0 Å². The molecule has 0 radical (unpaired) electrons. The highest BCUT2D eigenvalue weighted by molar-refractivity contribution is 5.74. The Morgan fingerprint density at radius 1 is 1.32 bits per heavy atom. The van der Waals surface area contributed by atoms with E-state index in [4.69, 9.17) is 4.74 Å². The molecule has 1 aromatic heterocycles. The van der Waals surface area contributed by atoms with Gasteiger partial charge in [0.1, 0.15) is 0 Å². The first kappa shape index (κ1) is 17.8. The summed E-state index contributed by atoms with van der Waals surface area (Å²) in [5.41, 5.74) is 0.829. The SMILES string of the molecule is O=C(NCc1ccnc(OCC2CCC2)c1)NC1CC(C(F)(F)F)C1. The molecule has 25 heavy (non-hydrogen) atoms. The quantitative estimate of drug-likeness (QED) is 0.820. The van der Waals surface area contributed by atoms with Gasteiger partial charge in [-0.1, -0.05) is 6.42 Å². The van der Waals surface area contributed by atoms with E-state index >= 15 is 0 Å². The molecule has 2 amide bonds. The molecule has 2 saturated carbocycles. The topological polar surface area (TPSA) is 63.2 Å². The molecule has 0 bridgehead atoms. The van der Waals surface area contributed by atoms with Gasteiger partial charge in [0.25, 0.3) is 0 Å². The van der Waals surface area contributed by atoms with Crippen LogP contribution in [0.4, 0.5) is 18.0 Å². The van der Waals surface area contributed by atoms with Crippen LogP contribution in [0.3, 0.4) is 0 Å².